The Bertz CT molecular complexity index is 614. The van der Waals surface area contributed by atoms with E-state index in [0.29, 0.717) is 0 Å². The second kappa shape index (κ2) is 9.33. The van der Waals surface area contributed by atoms with E-state index >= 15 is 0 Å². The first-order valence-corrected chi connectivity index (χ1v) is 9.02. The minimum absolute atomic E-state index is 0.320. The number of benzene rings is 1. The third-order valence-electron chi connectivity index (χ3n) is 3.83. The van der Waals surface area contributed by atoms with Crippen LogP contribution in [0.4, 0.5) is 0 Å². The van der Waals surface area contributed by atoms with E-state index in [4.69, 9.17) is 9.47 Å². The highest BCUT2D eigenvalue weighted by Crippen LogP contribution is 2.33. The topological polar surface area (TPSA) is 125 Å². The molecule has 26 heavy (non-hydrogen) atoms. The van der Waals surface area contributed by atoms with Crippen molar-refractivity contribution < 1.29 is 34.4 Å². The third-order valence-corrected chi connectivity index (χ3v) is 4.99. The fourth-order valence-corrected chi connectivity index (χ4v) is 3.52. The fraction of sp³-hybridized carbons (Fsp3) is 0.529. The van der Waals surface area contributed by atoms with Gasteiger partial charge in [-0.15, -0.1) is 0 Å². The van der Waals surface area contributed by atoms with E-state index in [9.17, 15) is 24.9 Å². The number of amides is 1. The van der Waals surface area contributed by atoms with Gasteiger partial charge in [0.05, 0.1) is 0 Å². The van der Waals surface area contributed by atoms with Crippen molar-refractivity contribution in [3.63, 3.8) is 0 Å². The quantitative estimate of drug-likeness (QED) is 0.490. The first-order chi connectivity index (χ1) is 12.3. The zero-order chi connectivity index (χ0) is 19.3. The van der Waals surface area contributed by atoms with Crippen LogP contribution >= 0.6 is 11.8 Å². The number of aliphatic hydroxyl groups excluding tert-OH is 3. The second-order valence-corrected chi connectivity index (χ2v) is 7.17. The minimum atomic E-state index is -1.44. The molecule has 9 heteroatoms. The first kappa shape index (κ1) is 20.7. The number of nitrogens with one attached hydrogen (secondary N) is 1. The van der Waals surface area contributed by atoms with Gasteiger partial charge in [-0.1, -0.05) is 30.0 Å². The lowest BCUT2D eigenvalue weighted by molar-refractivity contribution is -0.210. The van der Waals surface area contributed by atoms with Crippen molar-refractivity contribution in [1.29, 1.82) is 0 Å². The molecule has 0 aromatic heterocycles. The van der Waals surface area contributed by atoms with Crippen LogP contribution in [0.25, 0.3) is 0 Å². The average molecular weight is 385 g/mol. The lowest BCUT2D eigenvalue weighted by Gasteiger charge is -2.40. The maximum Gasteiger partial charge on any atom is 0.328 e. The normalized spacial score (nSPS) is 29.7. The van der Waals surface area contributed by atoms with Crippen molar-refractivity contribution in [3.05, 3.63) is 30.3 Å². The van der Waals surface area contributed by atoms with Gasteiger partial charge in [0.15, 0.2) is 0 Å². The molecule has 2 rings (SSSR count). The summed E-state index contributed by atoms with van der Waals surface area (Å²) in [6, 6.07) is 8.29. The van der Waals surface area contributed by atoms with E-state index in [1.54, 1.807) is 0 Å². The van der Waals surface area contributed by atoms with Crippen LogP contribution in [0.2, 0.25) is 0 Å². The van der Waals surface area contributed by atoms with Crippen LogP contribution in [0.3, 0.4) is 0 Å². The van der Waals surface area contributed by atoms with E-state index in [0.717, 1.165) is 4.90 Å². The number of esters is 1. The Labute approximate surface area is 155 Å². The second-order valence-electron chi connectivity index (χ2n) is 6.00. The summed E-state index contributed by atoms with van der Waals surface area (Å²) < 4.78 is 10.7. The molecule has 1 saturated heterocycles. The van der Waals surface area contributed by atoms with Crippen LogP contribution in [0.15, 0.2) is 35.2 Å². The number of rotatable bonds is 6. The number of aliphatic hydroxyl groups is 3. The third kappa shape index (κ3) is 5.42. The van der Waals surface area contributed by atoms with E-state index in [1.165, 1.54) is 25.6 Å². The lowest BCUT2D eigenvalue weighted by Crippen LogP contribution is -2.58. The average Bonchev–Trinajstić information content (AvgIpc) is 2.61. The maximum absolute atomic E-state index is 11.9. The van der Waals surface area contributed by atoms with Crippen LogP contribution in [0.5, 0.6) is 0 Å². The highest BCUT2D eigenvalue weighted by Gasteiger charge is 2.44. The number of ether oxygens (including phenoxy) is 2. The van der Waals surface area contributed by atoms with Gasteiger partial charge in [-0.25, -0.2) is 4.79 Å². The largest absolute Gasteiger partial charge is 0.461 e. The standard InChI is InChI=1S/C17H23NO7S/c1-9(18-10(2)19)16(23)24-8-12-13(20)14(21)15(22)17(25-12)26-11-6-4-3-5-7-11/h3-7,9,12-15,17,20-22H,8H2,1-2H3,(H,18,19)/t9-,12+,13+,14-,15-,17+/m0/s1. The van der Waals surface area contributed by atoms with Gasteiger partial charge in [0.25, 0.3) is 0 Å². The highest BCUT2D eigenvalue weighted by atomic mass is 32.2. The Hall–Kier alpha value is -1.65. The van der Waals surface area contributed by atoms with Crippen molar-refractivity contribution in [2.75, 3.05) is 6.61 Å². The monoisotopic (exact) mass is 385 g/mol. The maximum atomic E-state index is 11.9. The van der Waals surface area contributed by atoms with Gasteiger partial charge in [0.2, 0.25) is 5.91 Å². The summed E-state index contributed by atoms with van der Waals surface area (Å²) in [5, 5.41) is 32.7. The molecule has 0 bridgehead atoms. The molecule has 1 amide bonds. The molecule has 0 unspecified atom stereocenters. The van der Waals surface area contributed by atoms with Crippen LogP contribution in [-0.2, 0) is 19.1 Å². The van der Waals surface area contributed by atoms with Gasteiger partial charge in [-0.2, -0.15) is 0 Å². The Morgan fingerprint density at radius 3 is 2.46 bits per heavy atom. The molecular formula is C17H23NO7S. The van der Waals surface area contributed by atoms with Crippen molar-refractivity contribution in [2.45, 2.75) is 54.6 Å². The molecule has 0 saturated carbocycles. The number of thioether (sulfide) groups is 1. The van der Waals surface area contributed by atoms with Gasteiger partial charge >= 0.3 is 5.97 Å². The SMILES string of the molecule is CC(=O)N[C@@H](C)C(=O)OC[C@H]1O[C@H](Sc2ccccc2)[C@@H](O)[C@@H](O)[C@@H]1O. The van der Waals surface area contributed by atoms with E-state index in [1.807, 2.05) is 30.3 Å². The minimum Gasteiger partial charge on any atom is -0.461 e. The molecule has 0 aliphatic carbocycles. The molecule has 1 aromatic carbocycles. The van der Waals surface area contributed by atoms with Crippen molar-refractivity contribution in [2.24, 2.45) is 0 Å². The Balaban J connectivity index is 1.96. The molecule has 1 aliphatic heterocycles. The molecule has 144 valence electrons. The Morgan fingerprint density at radius 2 is 1.85 bits per heavy atom. The molecule has 0 radical (unpaired) electrons. The Morgan fingerprint density at radius 1 is 1.19 bits per heavy atom. The lowest BCUT2D eigenvalue weighted by atomic mass is 10.0. The van der Waals surface area contributed by atoms with E-state index in [2.05, 4.69) is 5.32 Å². The number of hydrogen-bond acceptors (Lipinski definition) is 8. The summed E-state index contributed by atoms with van der Waals surface area (Å²) in [5.41, 5.74) is -0.840. The van der Waals surface area contributed by atoms with Crippen LogP contribution in [0, 0.1) is 0 Å². The molecule has 1 fully saturated rings. The number of carbonyl (C=O) groups is 2. The van der Waals surface area contributed by atoms with Crippen LogP contribution in [0.1, 0.15) is 13.8 Å². The summed E-state index contributed by atoms with van der Waals surface area (Å²) in [5.74, 6) is -1.06. The van der Waals surface area contributed by atoms with E-state index < -0.39 is 41.9 Å². The smallest absolute Gasteiger partial charge is 0.328 e. The molecular weight excluding hydrogens is 362 g/mol. The molecule has 1 aliphatic rings. The summed E-state index contributed by atoms with van der Waals surface area (Å²) in [6.45, 7) is 2.43. The molecule has 1 heterocycles. The zero-order valence-corrected chi connectivity index (χ0v) is 15.3. The zero-order valence-electron chi connectivity index (χ0n) is 14.4. The number of hydrogen-bond donors (Lipinski definition) is 4. The summed E-state index contributed by atoms with van der Waals surface area (Å²) in [6.07, 6.45) is -5.17. The predicted molar refractivity (Wildman–Crippen MR) is 93.2 cm³/mol. The van der Waals surface area contributed by atoms with Crippen LogP contribution in [-0.4, -0.2) is 69.7 Å². The molecule has 6 atom stereocenters. The van der Waals surface area contributed by atoms with Crippen molar-refractivity contribution in [3.8, 4) is 0 Å². The van der Waals surface area contributed by atoms with Crippen molar-refractivity contribution in [1.82, 2.24) is 5.32 Å². The summed E-state index contributed by atoms with van der Waals surface area (Å²) in [4.78, 5) is 23.6. The number of carbonyl (C=O) groups excluding carboxylic acids is 2. The van der Waals surface area contributed by atoms with E-state index in [-0.39, 0.29) is 12.5 Å². The molecule has 4 N–H and O–H groups in total. The fourth-order valence-electron chi connectivity index (χ4n) is 2.44. The van der Waals surface area contributed by atoms with Gasteiger partial charge in [-0.3, -0.25) is 4.79 Å². The summed E-state index contributed by atoms with van der Waals surface area (Å²) >= 11 is 1.19. The van der Waals surface area contributed by atoms with Gasteiger partial charge in [0.1, 0.15) is 42.5 Å². The molecule has 8 nitrogen and oxygen atoms in total. The van der Waals surface area contributed by atoms with Gasteiger partial charge in [-0.05, 0) is 19.1 Å². The van der Waals surface area contributed by atoms with Crippen molar-refractivity contribution >= 4 is 23.6 Å². The molecule has 1 aromatic rings. The summed E-state index contributed by atoms with van der Waals surface area (Å²) in [7, 11) is 0. The molecule has 0 spiro atoms. The van der Waals surface area contributed by atoms with Gasteiger partial charge in [0, 0.05) is 11.8 Å². The van der Waals surface area contributed by atoms with Crippen LogP contribution < -0.4 is 5.32 Å². The Kier molecular flexibility index (Phi) is 7.42. The highest BCUT2D eigenvalue weighted by molar-refractivity contribution is 7.99. The van der Waals surface area contributed by atoms with Gasteiger partial charge < -0.3 is 30.1 Å². The predicted octanol–water partition coefficient (Wildman–Crippen LogP) is -0.346. The first-order valence-electron chi connectivity index (χ1n) is 8.14.